The zero-order valence-corrected chi connectivity index (χ0v) is 17.2. The monoisotopic (exact) mass is 432 g/mol. The highest BCUT2D eigenvalue weighted by molar-refractivity contribution is 7.89. The summed E-state index contributed by atoms with van der Waals surface area (Å²) in [5.41, 5.74) is 0.370. The molecule has 7 nitrogen and oxygen atoms in total. The molecule has 146 valence electrons. The van der Waals surface area contributed by atoms with E-state index in [1.54, 1.807) is 0 Å². The van der Waals surface area contributed by atoms with Gasteiger partial charge in [-0.3, -0.25) is 4.79 Å². The van der Waals surface area contributed by atoms with E-state index < -0.39 is 22.5 Å². The number of amides is 1. The number of carbonyl (C=O) groups excluding carboxylic acids is 1. The van der Waals surface area contributed by atoms with E-state index in [0.717, 1.165) is 4.31 Å². The van der Waals surface area contributed by atoms with Crippen molar-refractivity contribution < 1.29 is 22.7 Å². The van der Waals surface area contributed by atoms with Crippen LogP contribution in [0.4, 0.5) is 5.69 Å². The standard InChI is InChI=1S/C17H18Cl2N2O5S/c1-21(10-17(22)20-13-7-11(18)6-12(19)8-13)27(23,24)14-4-5-15(25-2)16(9-14)26-3/h4-9H,10H2,1-3H3,(H,20,22). The Morgan fingerprint density at radius 1 is 1.04 bits per heavy atom. The van der Waals surface area contributed by atoms with Gasteiger partial charge in [-0.05, 0) is 30.3 Å². The van der Waals surface area contributed by atoms with Gasteiger partial charge in [-0.15, -0.1) is 0 Å². The SMILES string of the molecule is COc1ccc(S(=O)(=O)N(C)CC(=O)Nc2cc(Cl)cc(Cl)c2)cc1OC. The Morgan fingerprint density at radius 3 is 2.19 bits per heavy atom. The molecule has 1 N–H and O–H groups in total. The average Bonchev–Trinajstić information content (AvgIpc) is 2.59. The van der Waals surface area contributed by atoms with Crippen LogP contribution in [0.1, 0.15) is 0 Å². The van der Waals surface area contributed by atoms with Crippen molar-refractivity contribution in [2.24, 2.45) is 0 Å². The summed E-state index contributed by atoms with van der Waals surface area (Å²) in [6.07, 6.45) is 0. The lowest BCUT2D eigenvalue weighted by Gasteiger charge is -2.18. The minimum absolute atomic E-state index is 0.0266. The van der Waals surface area contributed by atoms with Crippen LogP contribution in [0, 0.1) is 0 Å². The lowest BCUT2D eigenvalue weighted by Crippen LogP contribution is -2.35. The number of carbonyl (C=O) groups is 1. The van der Waals surface area contributed by atoms with Crippen molar-refractivity contribution in [1.29, 1.82) is 0 Å². The summed E-state index contributed by atoms with van der Waals surface area (Å²) >= 11 is 11.8. The van der Waals surface area contributed by atoms with Gasteiger partial charge in [0.05, 0.1) is 25.7 Å². The largest absolute Gasteiger partial charge is 0.493 e. The zero-order chi connectivity index (χ0) is 20.2. The molecular formula is C17H18Cl2N2O5S. The van der Waals surface area contributed by atoms with E-state index in [1.165, 1.54) is 57.7 Å². The molecule has 0 aromatic heterocycles. The van der Waals surface area contributed by atoms with Gasteiger partial charge in [0.25, 0.3) is 0 Å². The Bertz CT molecular complexity index is 930. The van der Waals surface area contributed by atoms with E-state index in [1.807, 2.05) is 0 Å². The molecule has 0 unspecified atom stereocenters. The van der Waals surface area contributed by atoms with Gasteiger partial charge in [0.2, 0.25) is 15.9 Å². The average molecular weight is 433 g/mol. The van der Waals surface area contributed by atoms with Crippen molar-refractivity contribution in [3.8, 4) is 11.5 Å². The van der Waals surface area contributed by atoms with Crippen molar-refractivity contribution in [2.75, 3.05) is 33.1 Å². The van der Waals surface area contributed by atoms with Crippen molar-refractivity contribution in [2.45, 2.75) is 4.90 Å². The van der Waals surface area contributed by atoms with Gasteiger partial charge >= 0.3 is 0 Å². The number of ether oxygens (including phenoxy) is 2. The first-order chi connectivity index (χ1) is 12.7. The highest BCUT2D eigenvalue weighted by Gasteiger charge is 2.24. The maximum atomic E-state index is 12.7. The fourth-order valence-electron chi connectivity index (χ4n) is 2.27. The van der Waals surface area contributed by atoms with Crippen molar-refractivity contribution in [3.63, 3.8) is 0 Å². The van der Waals surface area contributed by atoms with Crippen LogP contribution in [0.3, 0.4) is 0 Å². The lowest BCUT2D eigenvalue weighted by molar-refractivity contribution is -0.116. The number of rotatable bonds is 7. The van der Waals surface area contributed by atoms with Crippen LogP contribution in [0.2, 0.25) is 10.0 Å². The van der Waals surface area contributed by atoms with Gasteiger partial charge in [-0.1, -0.05) is 23.2 Å². The van der Waals surface area contributed by atoms with Crippen LogP contribution in [0.25, 0.3) is 0 Å². The number of anilines is 1. The van der Waals surface area contributed by atoms with Crippen LogP contribution >= 0.6 is 23.2 Å². The maximum Gasteiger partial charge on any atom is 0.243 e. The molecule has 0 spiro atoms. The molecule has 2 rings (SSSR count). The highest BCUT2D eigenvalue weighted by Crippen LogP contribution is 2.30. The van der Waals surface area contributed by atoms with Gasteiger partial charge in [-0.2, -0.15) is 4.31 Å². The molecule has 0 radical (unpaired) electrons. The molecule has 0 aliphatic heterocycles. The zero-order valence-electron chi connectivity index (χ0n) is 14.8. The molecule has 2 aromatic carbocycles. The predicted molar refractivity (Wildman–Crippen MR) is 104 cm³/mol. The fourth-order valence-corrected chi connectivity index (χ4v) is 3.94. The Morgan fingerprint density at radius 2 is 1.63 bits per heavy atom. The molecule has 1 amide bonds. The summed E-state index contributed by atoms with van der Waals surface area (Å²) in [5.74, 6) is 0.125. The normalized spacial score (nSPS) is 11.3. The number of halogens is 2. The summed E-state index contributed by atoms with van der Waals surface area (Å²) in [4.78, 5) is 12.2. The fraction of sp³-hybridized carbons (Fsp3) is 0.235. The first-order valence-electron chi connectivity index (χ1n) is 7.61. The molecule has 0 aliphatic carbocycles. The van der Waals surface area contributed by atoms with Gasteiger partial charge < -0.3 is 14.8 Å². The Balaban J connectivity index is 2.15. The van der Waals surface area contributed by atoms with E-state index in [4.69, 9.17) is 32.7 Å². The van der Waals surface area contributed by atoms with E-state index in [0.29, 0.717) is 21.5 Å². The molecule has 0 aliphatic rings. The molecule has 27 heavy (non-hydrogen) atoms. The van der Waals surface area contributed by atoms with Crippen molar-refractivity contribution in [1.82, 2.24) is 4.31 Å². The summed E-state index contributed by atoms with van der Waals surface area (Å²) in [6.45, 7) is -0.402. The summed E-state index contributed by atoms with van der Waals surface area (Å²) < 4.78 is 36.6. The third-order valence-electron chi connectivity index (χ3n) is 3.58. The summed E-state index contributed by atoms with van der Waals surface area (Å²) in [5, 5.41) is 3.26. The first kappa shape index (κ1) is 21.3. The Kier molecular flexibility index (Phi) is 6.94. The van der Waals surface area contributed by atoms with E-state index in [9.17, 15) is 13.2 Å². The number of hydrogen-bond donors (Lipinski definition) is 1. The summed E-state index contributed by atoms with van der Waals surface area (Å²) in [6, 6.07) is 8.73. The van der Waals surface area contributed by atoms with Crippen molar-refractivity contribution in [3.05, 3.63) is 46.4 Å². The number of likely N-dealkylation sites (N-methyl/N-ethyl adjacent to an activating group) is 1. The number of nitrogens with one attached hydrogen (secondary N) is 1. The molecule has 0 saturated heterocycles. The van der Waals surface area contributed by atoms with Crippen LogP contribution in [-0.4, -0.2) is 46.4 Å². The molecule has 0 saturated carbocycles. The third kappa shape index (κ3) is 5.26. The van der Waals surface area contributed by atoms with Gasteiger partial charge in [0.1, 0.15) is 0 Å². The molecule has 0 atom stereocenters. The first-order valence-corrected chi connectivity index (χ1v) is 9.81. The minimum atomic E-state index is -3.92. The summed E-state index contributed by atoms with van der Waals surface area (Å²) in [7, 11) is 0.240. The number of sulfonamides is 1. The highest BCUT2D eigenvalue weighted by atomic mass is 35.5. The molecule has 0 bridgehead atoms. The number of hydrogen-bond acceptors (Lipinski definition) is 5. The molecule has 0 fully saturated rings. The van der Waals surface area contributed by atoms with Crippen LogP contribution in [0.5, 0.6) is 11.5 Å². The molecule has 2 aromatic rings. The van der Waals surface area contributed by atoms with Crippen LogP contribution in [-0.2, 0) is 14.8 Å². The van der Waals surface area contributed by atoms with E-state index >= 15 is 0 Å². The lowest BCUT2D eigenvalue weighted by atomic mass is 10.3. The van der Waals surface area contributed by atoms with E-state index in [-0.39, 0.29) is 10.6 Å². The molecule has 10 heteroatoms. The van der Waals surface area contributed by atoms with Crippen molar-refractivity contribution >= 4 is 44.8 Å². The maximum absolute atomic E-state index is 12.7. The second kappa shape index (κ2) is 8.79. The van der Waals surface area contributed by atoms with E-state index in [2.05, 4.69) is 5.32 Å². The number of nitrogens with zero attached hydrogens (tertiary/aromatic N) is 1. The van der Waals surface area contributed by atoms with Gasteiger partial charge in [0, 0.05) is 28.8 Å². The van der Waals surface area contributed by atoms with Gasteiger partial charge in [0.15, 0.2) is 11.5 Å². The Labute approximate surface area is 167 Å². The third-order valence-corrected chi connectivity index (χ3v) is 5.81. The number of benzene rings is 2. The predicted octanol–water partition coefficient (Wildman–Crippen LogP) is 3.27. The topological polar surface area (TPSA) is 84.9 Å². The molecule has 0 heterocycles. The second-order valence-electron chi connectivity index (χ2n) is 5.48. The Hall–Kier alpha value is -2.00. The molecular weight excluding hydrogens is 415 g/mol. The van der Waals surface area contributed by atoms with Crippen LogP contribution < -0.4 is 14.8 Å². The minimum Gasteiger partial charge on any atom is -0.493 e. The quantitative estimate of drug-likeness (QED) is 0.725. The second-order valence-corrected chi connectivity index (χ2v) is 8.40. The van der Waals surface area contributed by atoms with Crippen LogP contribution in [0.15, 0.2) is 41.3 Å². The smallest absolute Gasteiger partial charge is 0.243 e. The van der Waals surface area contributed by atoms with Gasteiger partial charge in [-0.25, -0.2) is 8.42 Å². The number of methoxy groups -OCH3 is 2.